The number of hydrogen-bond donors (Lipinski definition) is 0. The van der Waals surface area contributed by atoms with Gasteiger partial charge in [0.15, 0.2) is 0 Å². The Morgan fingerprint density at radius 3 is 2.22 bits per heavy atom. The number of carbonyl (C=O) groups is 1. The van der Waals surface area contributed by atoms with Crippen LogP contribution in [-0.4, -0.2) is 68.9 Å². The Kier molecular flexibility index (Phi) is 4.27. The molecule has 1 aliphatic carbocycles. The molecule has 1 saturated carbocycles. The van der Waals surface area contributed by atoms with E-state index >= 15 is 0 Å². The second-order valence-corrected chi connectivity index (χ2v) is 7.68. The van der Waals surface area contributed by atoms with Crippen LogP contribution in [0.15, 0.2) is 0 Å². The standard InChI is InChI=1S/C12H22N2O3S/c1-18(16,17)10-9-13-5-7-14(8-6-13)12(15)11-3-2-4-11/h11H,2-10H2,1H3. The van der Waals surface area contributed by atoms with Crippen molar-refractivity contribution in [2.45, 2.75) is 19.3 Å². The van der Waals surface area contributed by atoms with Crippen LogP contribution in [0.4, 0.5) is 0 Å². The SMILES string of the molecule is CS(=O)(=O)CCN1CCN(C(=O)C2CCC2)CC1. The lowest BCUT2D eigenvalue weighted by atomic mass is 9.84. The van der Waals surface area contributed by atoms with E-state index in [4.69, 9.17) is 0 Å². The lowest BCUT2D eigenvalue weighted by Crippen LogP contribution is -2.51. The fourth-order valence-electron chi connectivity index (χ4n) is 2.40. The van der Waals surface area contributed by atoms with E-state index in [-0.39, 0.29) is 11.7 Å². The first-order valence-corrected chi connectivity index (χ1v) is 8.70. The lowest BCUT2D eigenvalue weighted by Gasteiger charge is -2.38. The summed E-state index contributed by atoms with van der Waals surface area (Å²) in [7, 11) is -2.88. The van der Waals surface area contributed by atoms with Gasteiger partial charge in [-0.2, -0.15) is 0 Å². The quantitative estimate of drug-likeness (QED) is 0.723. The van der Waals surface area contributed by atoms with Crippen molar-refractivity contribution in [3.05, 3.63) is 0 Å². The summed E-state index contributed by atoms with van der Waals surface area (Å²) in [5.41, 5.74) is 0. The number of sulfone groups is 1. The van der Waals surface area contributed by atoms with Gasteiger partial charge in [-0.05, 0) is 12.8 Å². The highest BCUT2D eigenvalue weighted by Crippen LogP contribution is 2.28. The second-order valence-electron chi connectivity index (χ2n) is 5.42. The first-order valence-electron chi connectivity index (χ1n) is 6.64. The number of nitrogens with zero attached hydrogens (tertiary/aromatic N) is 2. The molecule has 0 radical (unpaired) electrons. The van der Waals surface area contributed by atoms with Gasteiger partial charge in [-0.25, -0.2) is 8.42 Å². The molecular weight excluding hydrogens is 252 g/mol. The van der Waals surface area contributed by atoms with E-state index in [0.29, 0.717) is 12.5 Å². The van der Waals surface area contributed by atoms with Crippen LogP contribution in [0.5, 0.6) is 0 Å². The number of carbonyl (C=O) groups excluding carboxylic acids is 1. The van der Waals surface area contributed by atoms with Crippen LogP contribution in [-0.2, 0) is 14.6 Å². The zero-order valence-electron chi connectivity index (χ0n) is 11.0. The van der Waals surface area contributed by atoms with E-state index in [9.17, 15) is 13.2 Å². The first-order chi connectivity index (χ1) is 8.46. The Labute approximate surface area is 109 Å². The van der Waals surface area contributed by atoms with Gasteiger partial charge in [0, 0.05) is 44.9 Å². The van der Waals surface area contributed by atoms with E-state index in [1.807, 2.05) is 4.90 Å². The number of hydrogen-bond acceptors (Lipinski definition) is 4. The predicted molar refractivity (Wildman–Crippen MR) is 70.1 cm³/mol. The van der Waals surface area contributed by atoms with E-state index in [1.54, 1.807) is 0 Å². The minimum atomic E-state index is -2.88. The van der Waals surface area contributed by atoms with Crippen molar-refractivity contribution in [2.75, 3.05) is 44.7 Å². The summed E-state index contributed by atoms with van der Waals surface area (Å²) in [5, 5.41) is 0. The highest BCUT2D eigenvalue weighted by atomic mass is 32.2. The van der Waals surface area contributed by atoms with Gasteiger partial charge < -0.3 is 4.90 Å². The molecule has 18 heavy (non-hydrogen) atoms. The summed E-state index contributed by atoms with van der Waals surface area (Å²) < 4.78 is 22.2. The molecule has 0 atom stereocenters. The molecule has 0 spiro atoms. The normalized spacial score (nSPS) is 22.8. The molecule has 2 rings (SSSR count). The average Bonchev–Trinajstić information content (AvgIpc) is 2.23. The van der Waals surface area contributed by atoms with E-state index in [1.165, 1.54) is 12.7 Å². The minimum Gasteiger partial charge on any atom is -0.340 e. The van der Waals surface area contributed by atoms with Crippen LogP contribution in [0, 0.1) is 5.92 Å². The van der Waals surface area contributed by atoms with Crippen LogP contribution in [0.2, 0.25) is 0 Å². The zero-order chi connectivity index (χ0) is 13.2. The Morgan fingerprint density at radius 2 is 1.78 bits per heavy atom. The molecule has 1 amide bonds. The molecule has 0 aromatic rings. The first kappa shape index (κ1) is 13.8. The van der Waals surface area contributed by atoms with Crippen molar-refractivity contribution in [2.24, 2.45) is 5.92 Å². The van der Waals surface area contributed by atoms with Crippen molar-refractivity contribution in [1.82, 2.24) is 9.80 Å². The van der Waals surface area contributed by atoms with Gasteiger partial charge in [-0.15, -0.1) is 0 Å². The van der Waals surface area contributed by atoms with E-state index < -0.39 is 9.84 Å². The van der Waals surface area contributed by atoms with Gasteiger partial charge in [-0.3, -0.25) is 9.69 Å². The maximum Gasteiger partial charge on any atom is 0.225 e. The van der Waals surface area contributed by atoms with E-state index in [2.05, 4.69) is 4.90 Å². The summed E-state index contributed by atoms with van der Waals surface area (Å²) in [6, 6.07) is 0. The maximum atomic E-state index is 12.0. The summed E-state index contributed by atoms with van der Waals surface area (Å²) in [4.78, 5) is 16.1. The summed E-state index contributed by atoms with van der Waals surface area (Å²) in [5.74, 6) is 0.792. The Morgan fingerprint density at radius 1 is 1.17 bits per heavy atom. The number of amides is 1. The monoisotopic (exact) mass is 274 g/mol. The predicted octanol–water partition coefficient (Wildman–Crippen LogP) is -0.0247. The minimum absolute atomic E-state index is 0.212. The van der Waals surface area contributed by atoms with Crippen molar-refractivity contribution >= 4 is 15.7 Å². The number of piperazine rings is 1. The third-order valence-electron chi connectivity index (χ3n) is 3.92. The molecule has 2 aliphatic rings. The smallest absolute Gasteiger partial charge is 0.225 e. The van der Waals surface area contributed by atoms with Crippen LogP contribution < -0.4 is 0 Å². The molecule has 2 fully saturated rings. The lowest BCUT2D eigenvalue weighted by molar-refractivity contribution is -0.139. The van der Waals surface area contributed by atoms with Crippen molar-refractivity contribution in [3.63, 3.8) is 0 Å². The van der Waals surface area contributed by atoms with Gasteiger partial charge in [0.1, 0.15) is 9.84 Å². The zero-order valence-corrected chi connectivity index (χ0v) is 11.8. The molecule has 0 aromatic heterocycles. The molecule has 0 N–H and O–H groups in total. The van der Waals surface area contributed by atoms with Crippen LogP contribution in [0.25, 0.3) is 0 Å². The van der Waals surface area contributed by atoms with Gasteiger partial charge >= 0.3 is 0 Å². The summed E-state index contributed by atoms with van der Waals surface area (Å²) >= 11 is 0. The third-order valence-corrected chi connectivity index (χ3v) is 4.84. The van der Waals surface area contributed by atoms with Crippen molar-refractivity contribution in [1.29, 1.82) is 0 Å². The Balaban J connectivity index is 1.72. The molecule has 1 saturated heterocycles. The Bertz CT molecular complexity index is 396. The van der Waals surface area contributed by atoms with Crippen molar-refractivity contribution < 1.29 is 13.2 Å². The topological polar surface area (TPSA) is 57.7 Å². The molecular formula is C12H22N2O3S. The van der Waals surface area contributed by atoms with Crippen LogP contribution in [0.1, 0.15) is 19.3 Å². The van der Waals surface area contributed by atoms with Crippen LogP contribution >= 0.6 is 0 Å². The molecule has 1 aliphatic heterocycles. The molecule has 0 unspecified atom stereocenters. The molecule has 0 aromatic carbocycles. The highest BCUT2D eigenvalue weighted by molar-refractivity contribution is 7.90. The molecule has 104 valence electrons. The van der Waals surface area contributed by atoms with Gasteiger partial charge in [0.25, 0.3) is 0 Å². The molecule has 0 bridgehead atoms. The van der Waals surface area contributed by atoms with Gasteiger partial charge in [0.05, 0.1) is 5.75 Å². The second kappa shape index (κ2) is 5.57. The largest absolute Gasteiger partial charge is 0.340 e. The van der Waals surface area contributed by atoms with E-state index in [0.717, 1.165) is 39.0 Å². The van der Waals surface area contributed by atoms with Gasteiger partial charge in [-0.1, -0.05) is 6.42 Å². The highest BCUT2D eigenvalue weighted by Gasteiger charge is 2.31. The van der Waals surface area contributed by atoms with Crippen LogP contribution in [0.3, 0.4) is 0 Å². The molecule has 1 heterocycles. The molecule has 5 nitrogen and oxygen atoms in total. The Hall–Kier alpha value is -0.620. The molecule has 6 heteroatoms. The summed E-state index contributed by atoms with van der Waals surface area (Å²) in [6.45, 7) is 3.68. The maximum absolute atomic E-state index is 12.0. The number of rotatable bonds is 4. The van der Waals surface area contributed by atoms with Crippen molar-refractivity contribution in [3.8, 4) is 0 Å². The third kappa shape index (κ3) is 3.68. The fraction of sp³-hybridized carbons (Fsp3) is 0.917. The van der Waals surface area contributed by atoms with Gasteiger partial charge in [0.2, 0.25) is 5.91 Å². The fourth-order valence-corrected chi connectivity index (χ4v) is 2.99. The summed E-state index contributed by atoms with van der Waals surface area (Å²) in [6.07, 6.45) is 4.55. The average molecular weight is 274 g/mol.